The van der Waals surface area contributed by atoms with Crippen molar-refractivity contribution in [2.75, 3.05) is 0 Å². The maximum Gasteiger partial charge on any atom is 0.230 e. The second-order valence-corrected chi connectivity index (χ2v) is 4.06. The van der Waals surface area contributed by atoms with Gasteiger partial charge in [-0.2, -0.15) is 0 Å². The van der Waals surface area contributed by atoms with Gasteiger partial charge in [-0.05, 0) is 18.9 Å². The Balaban J connectivity index is 2.71. The van der Waals surface area contributed by atoms with E-state index in [2.05, 4.69) is 5.32 Å². The average Bonchev–Trinajstić information content (AvgIpc) is 2.35. The first-order valence-electron chi connectivity index (χ1n) is 5.75. The maximum absolute atomic E-state index is 11.8. The second-order valence-electron chi connectivity index (χ2n) is 4.06. The van der Waals surface area contributed by atoms with Crippen molar-refractivity contribution in [1.82, 2.24) is 5.32 Å². The molecule has 92 valence electrons. The Morgan fingerprint density at radius 2 is 2.00 bits per heavy atom. The number of carbonyl (C=O) groups is 1. The van der Waals surface area contributed by atoms with Crippen LogP contribution in [0.25, 0.3) is 0 Å². The summed E-state index contributed by atoms with van der Waals surface area (Å²) in [6.45, 7) is 3.64. The zero-order valence-electron chi connectivity index (χ0n) is 10.2. The minimum Gasteiger partial charge on any atom is -0.387 e. The molecule has 0 heterocycles. The molecule has 0 saturated heterocycles. The lowest BCUT2D eigenvalue weighted by molar-refractivity contribution is -0.123. The molecule has 0 aliphatic heterocycles. The predicted molar refractivity (Wildman–Crippen MR) is 68.7 cm³/mol. The molecule has 0 spiro atoms. The van der Waals surface area contributed by atoms with E-state index in [1.165, 1.54) is 0 Å². The van der Waals surface area contributed by atoms with Gasteiger partial charge >= 0.3 is 0 Å². The van der Waals surface area contributed by atoms with Crippen molar-refractivity contribution < 1.29 is 4.79 Å². The minimum atomic E-state index is -0.576. The molecule has 0 fully saturated rings. The number of carbonyl (C=O) groups excluding carboxylic acids is 1. The molecule has 17 heavy (non-hydrogen) atoms. The average molecular weight is 233 g/mol. The predicted octanol–water partition coefficient (Wildman–Crippen LogP) is 1.83. The number of nitrogens with two attached hydrogens (primary N) is 1. The number of amidine groups is 1. The van der Waals surface area contributed by atoms with Crippen LogP contribution >= 0.6 is 0 Å². The molecule has 1 amide bonds. The van der Waals surface area contributed by atoms with Crippen LogP contribution in [0.4, 0.5) is 0 Å². The van der Waals surface area contributed by atoms with Crippen molar-refractivity contribution in [3.8, 4) is 0 Å². The molecule has 4 nitrogen and oxygen atoms in total. The largest absolute Gasteiger partial charge is 0.387 e. The van der Waals surface area contributed by atoms with E-state index >= 15 is 0 Å². The molecular weight excluding hydrogens is 214 g/mol. The molecule has 0 aliphatic rings. The number of benzene rings is 1. The third-order valence-electron chi connectivity index (χ3n) is 2.79. The van der Waals surface area contributed by atoms with Gasteiger partial charge in [-0.15, -0.1) is 0 Å². The van der Waals surface area contributed by atoms with Crippen LogP contribution in [-0.4, -0.2) is 11.7 Å². The number of hydrogen-bond donors (Lipinski definition) is 3. The van der Waals surface area contributed by atoms with Gasteiger partial charge in [0.15, 0.2) is 0 Å². The maximum atomic E-state index is 11.8. The van der Waals surface area contributed by atoms with Gasteiger partial charge in [0.05, 0.1) is 12.0 Å². The lowest BCUT2D eigenvalue weighted by Gasteiger charge is -2.19. The quantitative estimate of drug-likeness (QED) is 0.536. The molecule has 0 aliphatic carbocycles. The highest BCUT2D eigenvalue weighted by atomic mass is 16.1. The van der Waals surface area contributed by atoms with E-state index in [1.54, 1.807) is 6.92 Å². The highest BCUT2D eigenvalue weighted by molar-refractivity contribution is 6.00. The van der Waals surface area contributed by atoms with Gasteiger partial charge in [-0.25, -0.2) is 0 Å². The van der Waals surface area contributed by atoms with E-state index in [4.69, 9.17) is 11.1 Å². The molecule has 4 N–H and O–H groups in total. The zero-order valence-corrected chi connectivity index (χ0v) is 10.2. The fourth-order valence-corrected chi connectivity index (χ4v) is 1.54. The molecule has 1 unspecified atom stereocenters. The Hall–Kier alpha value is -1.84. The molecule has 0 radical (unpaired) electrons. The van der Waals surface area contributed by atoms with Crippen LogP contribution in [0.15, 0.2) is 30.3 Å². The number of hydrogen-bond acceptors (Lipinski definition) is 2. The van der Waals surface area contributed by atoms with Gasteiger partial charge in [0.25, 0.3) is 0 Å². The Morgan fingerprint density at radius 1 is 1.41 bits per heavy atom. The summed E-state index contributed by atoms with van der Waals surface area (Å²) >= 11 is 0. The molecule has 1 aromatic rings. The van der Waals surface area contributed by atoms with E-state index in [-0.39, 0.29) is 17.8 Å². The first kappa shape index (κ1) is 13.2. The third kappa shape index (κ3) is 3.59. The van der Waals surface area contributed by atoms with Gasteiger partial charge in [0.2, 0.25) is 5.91 Å². The first-order valence-corrected chi connectivity index (χ1v) is 5.75. The third-order valence-corrected chi connectivity index (χ3v) is 2.79. The Kier molecular flexibility index (Phi) is 4.69. The molecular formula is C13H19N3O. The Bertz CT molecular complexity index is 389. The van der Waals surface area contributed by atoms with Crippen LogP contribution in [0.1, 0.15) is 31.9 Å². The Labute approximate surface area is 102 Å². The molecule has 0 aromatic heterocycles. The molecule has 2 atom stereocenters. The number of nitrogens with one attached hydrogen (secondary N) is 2. The fraction of sp³-hybridized carbons (Fsp3) is 0.385. The monoisotopic (exact) mass is 233 g/mol. The first-order chi connectivity index (χ1) is 8.06. The zero-order chi connectivity index (χ0) is 12.8. The fourth-order valence-electron chi connectivity index (χ4n) is 1.54. The van der Waals surface area contributed by atoms with Crippen LogP contribution in [0.3, 0.4) is 0 Å². The van der Waals surface area contributed by atoms with E-state index in [0.717, 1.165) is 12.0 Å². The molecule has 0 bridgehead atoms. The van der Waals surface area contributed by atoms with Gasteiger partial charge in [0, 0.05) is 0 Å². The van der Waals surface area contributed by atoms with Gasteiger partial charge in [-0.1, -0.05) is 37.3 Å². The van der Waals surface area contributed by atoms with Crippen LogP contribution < -0.4 is 11.1 Å². The summed E-state index contributed by atoms with van der Waals surface area (Å²) in [5.41, 5.74) is 6.38. The Morgan fingerprint density at radius 3 is 2.47 bits per heavy atom. The summed E-state index contributed by atoms with van der Waals surface area (Å²) in [4.78, 5) is 11.8. The van der Waals surface area contributed by atoms with E-state index in [0.29, 0.717) is 0 Å². The van der Waals surface area contributed by atoms with Gasteiger partial charge < -0.3 is 11.1 Å². The summed E-state index contributed by atoms with van der Waals surface area (Å²) in [5, 5.41) is 10.2. The van der Waals surface area contributed by atoms with Crippen molar-refractivity contribution in [3.05, 3.63) is 35.9 Å². The van der Waals surface area contributed by atoms with Gasteiger partial charge in [-0.3, -0.25) is 10.2 Å². The lowest BCUT2D eigenvalue weighted by Crippen LogP contribution is -2.38. The topological polar surface area (TPSA) is 79.0 Å². The van der Waals surface area contributed by atoms with E-state index in [1.807, 2.05) is 37.3 Å². The summed E-state index contributed by atoms with van der Waals surface area (Å²) in [6, 6.07) is 9.76. The van der Waals surface area contributed by atoms with E-state index < -0.39 is 5.92 Å². The van der Waals surface area contributed by atoms with Crippen LogP contribution in [-0.2, 0) is 4.79 Å². The normalized spacial score (nSPS) is 13.8. The van der Waals surface area contributed by atoms with Crippen molar-refractivity contribution in [3.63, 3.8) is 0 Å². The molecule has 4 heteroatoms. The van der Waals surface area contributed by atoms with Crippen molar-refractivity contribution >= 4 is 11.7 Å². The minimum absolute atomic E-state index is 0.0227. The van der Waals surface area contributed by atoms with Crippen molar-refractivity contribution in [1.29, 1.82) is 5.41 Å². The number of amides is 1. The molecule has 0 saturated carbocycles. The summed E-state index contributed by atoms with van der Waals surface area (Å²) in [5.74, 6) is -0.883. The van der Waals surface area contributed by atoms with Crippen LogP contribution in [0, 0.1) is 11.3 Å². The highest BCUT2D eigenvalue weighted by Gasteiger charge is 2.19. The SMILES string of the molecule is CC[C@H](NC(=O)C(C)C(=N)N)c1ccccc1. The second kappa shape index (κ2) is 6.03. The number of rotatable bonds is 5. The van der Waals surface area contributed by atoms with Crippen molar-refractivity contribution in [2.24, 2.45) is 11.7 Å². The summed E-state index contributed by atoms with van der Waals surface area (Å²) in [7, 11) is 0. The summed E-state index contributed by atoms with van der Waals surface area (Å²) in [6.07, 6.45) is 0.806. The summed E-state index contributed by atoms with van der Waals surface area (Å²) < 4.78 is 0. The van der Waals surface area contributed by atoms with Crippen LogP contribution in [0.2, 0.25) is 0 Å². The van der Waals surface area contributed by atoms with Crippen molar-refractivity contribution in [2.45, 2.75) is 26.3 Å². The van der Waals surface area contributed by atoms with Crippen LogP contribution in [0.5, 0.6) is 0 Å². The molecule has 1 rings (SSSR count). The van der Waals surface area contributed by atoms with Gasteiger partial charge in [0.1, 0.15) is 5.84 Å². The lowest BCUT2D eigenvalue weighted by atomic mass is 10.0. The van der Waals surface area contributed by atoms with E-state index in [9.17, 15) is 4.79 Å². The molecule has 1 aromatic carbocycles. The smallest absolute Gasteiger partial charge is 0.230 e. The highest BCUT2D eigenvalue weighted by Crippen LogP contribution is 2.16. The standard InChI is InChI=1S/C13H19N3O/c1-3-11(10-7-5-4-6-8-10)16-13(17)9(2)12(14)15/h4-9,11H,3H2,1-2H3,(H3,14,15)(H,16,17)/t9?,11-/m0/s1.